The molecule has 2 heterocycles. The van der Waals surface area contributed by atoms with Crippen molar-refractivity contribution in [1.29, 1.82) is 0 Å². The first kappa shape index (κ1) is 12.4. The highest BCUT2D eigenvalue weighted by Crippen LogP contribution is 2.26. The lowest BCUT2D eigenvalue weighted by atomic mass is 10.2. The van der Waals surface area contributed by atoms with Crippen molar-refractivity contribution in [2.75, 3.05) is 11.1 Å². The molecule has 20 heavy (non-hydrogen) atoms. The number of pyridine rings is 1. The second kappa shape index (κ2) is 4.82. The van der Waals surface area contributed by atoms with Crippen LogP contribution in [0.4, 0.5) is 17.2 Å². The molecule has 0 radical (unpaired) electrons. The highest BCUT2D eigenvalue weighted by molar-refractivity contribution is 7.17. The van der Waals surface area contributed by atoms with E-state index in [1.165, 1.54) is 17.0 Å². The molecule has 0 spiro atoms. The SMILES string of the molecule is NC(=O)c1cc(N)cnc1Nc1ccc2sccc2c1. The number of benzene rings is 1. The Morgan fingerprint density at radius 2 is 2.10 bits per heavy atom. The molecule has 5 nitrogen and oxygen atoms in total. The Bertz CT molecular complexity index is 797. The molecule has 5 N–H and O–H groups in total. The van der Waals surface area contributed by atoms with Crippen molar-refractivity contribution >= 4 is 44.5 Å². The van der Waals surface area contributed by atoms with Crippen molar-refractivity contribution in [1.82, 2.24) is 4.98 Å². The molecule has 0 fully saturated rings. The summed E-state index contributed by atoms with van der Waals surface area (Å²) in [6, 6.07) is 9.50. The van der Waals surface area contributed by atoms with E-state index in [2.05, 4.69) is 10.3 Å². The first-order valence-corrected chi connectivity index (χ1v) is 6.81. The molecular formula is C14H12N4OS. The van der Waals surface area contributed by atoms with Crippen LogP contribution in [0.5, 0.6) is 0 Å². The molecule has 100 valence electrons. The summed E-state index contributed by atoms with van der Waals surface area (Å²) in [4.78, 5) is 15.6. The number of carbonyl (C=O) groups is 1. The quantitative estimate of drug-likeness (QED) is 0.689. The van der Waals surface area contributed by atoms with Gasteiger partial charge in [-0.1, -0.05) is 0 Å². The Labute approximate surface area is 119 Å². The van der Waals surface area contributed by atoms with Gasteiger partial charge in [0.2, 0.25) is 0 Å². The van der Waals surface area contributed by atoms with E-state index in [4.69, 9.17) is 11.5 Å². The summed E-state index contributed by atoms with van der Waals surface area (Å²) in [7, 11) is 0. The number of primary amides is 1. The number of hydrogen-bond donors (Lipinski definition) is 3. The third kappa shape index (κ3) is 2.28. The minimum atomic E-state index is -0.566. The molecule has 2 aromatic heterocycles. The lowest BCUT2D eigenvalue weighted by Gasteiger charge is -2.09. The Kier molecular flexibility index (Phi) is 3.00. The van der Waals surface area contributed by atoms with Crippen molar-refractivity contribution in [3.05, 3.63) is 47.5 Å². The zero-order valence-electron chi connectivity index (χ0n) is 10.5. The standard InChI is InChI=1S/C14H12N4OS/c15-9-6-11(13(16)19)14(17-7-9)18-10-1-2-12-8(5-10)3-4-20-12/h1-7H,15H2,(H2,16,19)(H,17,18). The maximum Gasteiger partial charge on any atom is 0.252 e. The van der Waals surface area contributed by atoms with Gasteiger partial charge >= 0.3 is 0 Å². The summed E-state index contributed by atoms with van der Waals surface area (Å²) in [5.74, 6) is -0.162. The molecule has 3 rings (SSSR count). The third-order valence-corrected chi connectivity index (χ3v) is 3.79. The van der Waals surface area contributed by atoms with E-state index in [9.17, 15) is 4.79 Å². The van der Waals surface area contributed by atoms with Crippen molar-refractivity contribution in [3.8, 4) is 0 Å². The predicted molar refractivity (Wildman–Crippen MR) is 82.3 cm³/mol. The summed E-state index contributed by atoms with van der Waals surface area (Å²) >= 11 is 1.68. The number of nitrogens with one attached hydrogen (secondary N) is 1. The molecule has 0 saturated heterocycles. The summed E-state index contributed by atoms with van der Waals surface area (Å²) in [6.07, 6.45) is 1.48. The second-order valence-electron chi connectivity index (χ2n) is 4.33. The molecule has 0 atom stereocenters. The van der Waals surface area contributed by atoms with Gasteiger partial charge in [0.25, 0.3) is 5.91 Å². The molecule has 1 aromatic carbocycles. The van der Waals surface area contributed by atoms with Crippen LogP contribution in [0.3, 0.4) is 0 Å². The van der Waals surface area contributed by atoms with Gasteiger partial charge in [-0.15, -0.1) is 11.3 Å². The molecule has 0 aliphatic carbocycles. The van der Waals surface area contributed by atoms with Crippen LogP contribution in [0.2, 0.25) is 0 Å². The van der Waals surface area contributed by atoms with Crippen LogP contribution in [0.25, 0.3) is 10.1 Å². The van der Waals surface area contributed by atoms with E-state index in [0.717, 1.165) is 11.1 Å². The lowest BCUT2D eigenvalue weighted by molar-refractivity contribution is 0.100. The molecule has 0 bridgehead atoms. The predicted octanol–water partition coefficient (Wildman–Crippen LogP) is 2.72. The van der Waals surface area contributed by atoms with Gasteiger partial charge in [-0.3, -0.25) is 4.79 Å². The summed E-state index contributed by atoms with van der Waals surface area (Å²) in [6.45, 7) is 0. The van der Waals surface area contributed by atoms with Gasteiger partial charge in [-0.25, -0.2) is 4.98 Å². The number of fused-ring (bicyclic) bond motifs is 1. The fourth-order valence-corrected chi connectivity index (χ4v) is 2.72. The Hall–Kier alpha value is -2.60. The van der Waals surface area contributed by atoms with E-state index in [1.54, 1.807) is 11.3 Å². The lowest BCUT2D eigenvalue weighted by Crippen LogP contribution is -2.14. The van der Waals surface area contributed by atoms with Crippen molar-refractivity contribution in [2.45, 2.75) is 0 Å². The van der Waals surface area contributed by atoms with Gasteiger partial charge in [-0.2, -0.15) is 0 Å². The Balaban J connectivity index is 1.99. The van der Waals surface area contributed by atoms with Gasteiger partial charge in [0, 0.05) is 10.4 Å². The maximum atomic E-state index is 11.4. The normalized spacial score (nSPS) is 10.6. The fourth-order valence-electron chi connectivity index (χ4n) is 1.95. The van der Waals surface area contributed by atoms with Gasteiger partial charge in [0.1, 0.15) is 5.82 Å². The maximum absolute atomic E-state index is 11.4. The van der Waals surface area contributed by atoms with Crippen LogP contribution in [-0.2, 0) is 0 Å². The monoisotopic (exact) mass is 284 g/mol. The molecule has 0 aliphatic rings. The number of aromatic nitrogens is 1. The van der Waals surface area contributed by atoms with Crippen molar-refractivity contribution < 1.29 is 4.79 Å². The molecule has 1 amide bonds. The first-order chi connectivity index (χ1) is 9.63. The van der Waals surface area contributed by atoms with Gasteiger partial charge in [-0.05, 0) is 41.1 Å². The van der Waals surface area contributed by atoms with Gasteiger partial charge in [0.05, 0.1) is 17.4 Å². The van der Waals surface area contributed by atoms with Crippen LogP contribution in [0.1, 0.15) is 10.4 Å². The van der Waals surface area contributed by atoms with Crippen molar-refractivity contribution in [3.63, 3.8) is 0 Å². The number of rotatable bonds is 3. The average molecular weight is 284 g/mol. The Morgan fingerprint density at radius 1 is 1.25 bits per heavy atom. The third-order valence-electron chi connectivity index (χ3n) is 2.89. The molecule has 0 saturated carbocycles. The molecule has 3 aromatic rings. The average Bonchev–Trinajstić information content (AvgIpc) is 2.88. The number of hydrogen-bond acceptors (Lipinski definition) is 5. The zero-order chi connectivity index (χ0) is 14.1. The zero-order valence-corrected chi connectivity index (χ0v) is 11.3. The number of nitrogens with zero attached hydrogens (tertiary/aromatic N) is 1. The van der Waals surface area contributed by atoms with E-state index in [0.29, 0.717) is 11.5 Å². The molecular weight excluding hydrogens is 272 g/mol. The number of anilines is 3. The number of thiophene rings is 1. The Morgan fingerprint density at radius 3 is 2.90 bits per heavy atom. The van der Waals surface area contributed by atoms with Crippen LogP contribution in [0.15, 0.2) is 41.9 Å². The largest absolute Gasteiger partial charge is 0.397 e. The summed E-state index contributed by atoms with van der Waals surface area (Å²) < 4.78 is 1.20. The van der Waals surface area contributed by atoms with E-state index < -0.39 is 5.91 Å². The van der Waals surface area contributed by atoms with Gasteiger partial charge < -0.3 is 16.8 Å². The molecule has 6 heteroatoms. The number of nitrogen functional groups attached to an aromatic ring is 1. The number of carbonyl (C=O) groups excluding carboxylic acids is 1. The van der Waals surface area contributed by atoms with Crippen LogP contribution in [0, 0.1) is 0 Å². The van der Waals surface area contributed by atoms with Crippen LogP contribution < -0.4 is 16.8 Å². The van der Waals surface area contributed by atoms with E-state index in [-0.39, 0.29) is 5.56 Å². The van der Waals surface area contributed by atoms with E-state index in [1.807, 2.05) is 29.6 Å². The minimum absolute atomic E-state index is 0.274. The van der Waals surface area contributed by atoms with Crippen LogP contribution >= 0.6 is 11.3 Å². The van der Waals surface area contributed by atoms with Crippen LogP contribution in [-0.4, -0.2) is 10.9 Å². The smallest absolute Gasteiger partial charge is 0.252 e. The molecule has 0 aliphatic heterocycles. The highest BCUT2D eigenvalue weighted by atomic mass is 32.1. The van der Waals surface area contributed by atoms with Crippen molar-refractivity contribution in [2.24, 2.45) is 5.73 Å². The first-order valence-electron chi connectivity index (χ1n) is 5.93. The topological polar surface area (TPSA) is 94.0 Å². The highest BCUT2D eigenvalue weighted by Gasteiger charge is 2.10. The summed E-state index contributed by atoms with van der Waals surface area (Å²) in [5, 5.41) is 6.27. The minimum Gasteiger partial charge on any atom is -0.397 e. The van der Waals surface area contributed by atoms with E-state index >= 15 is 0 Å². The summed E-state index contributed by atoms with van der Waals surface area (Å²) in [5.41, 5.74) is 12.5. The second-order valence-corrected chi connectivity index (χ2v) is 5.27. The molecule has 0 unspecified atom stereocenters. The van der Waals surface area contributed by atoms with Gasteiger partial charge in [0.15, 0.2) is 0 Å². The number of amides is 1. The fraction of sp³-hybridized carbons (Fsp3) is 0. The number of nitrogens with two attached hydrogens (primary N) is 2.